The minimum absolute atomic E-state index is 0.213. The van der Waals surface area contributed by atoms with Crippen LogP contribution in [0.1, 0.15) is 52.3 Å². The number of rotatable bonds is 7. The summed E-state index contributed by atoms with van der Waals surface area (Å²) in [7, 11) is 0. The number of anilines is 1. The number of pyridine rings is 1. The number of aliphatic hydroxyl groups is 1. The predicted molar refractivity (Wildman–Crippen MR) is 117 cm³/mol. The fourth-order valence-corrected chi connectivity index (χ4v) is 3.50. The van der Waals surface area contributed by atoms with Crippen LogP contribution >= 0.6 is 0 Å². The monoisotopic (exact) mass is 394 g/mol. The van der Waals surface area contributed by atoms with Gasteiger partial charge in [-0.15, -0.1) is 0 Å². The SMILES string of the molecule is CCc1cccc(C)c1CNc1cc(C(=O)NC[C@@H](C)O)cn2c(C)c(C)nc12. The molecule has 3 N–H and O–H groups in total. The molecule has 3 rings (SSSR count). The van der Waals surface area contributed by atoms with E-state index >= 15 is 0 Å². The van der Waals surface area contributed by atoms with Gasteiger partial charge in [-0.3, -0.25) is 4.79 Å². The van der Waals surface area contributed by atoms with Crippen LogP contribution in [0.5, 0.6) is 0 Å². The van der Waals surface area contributed by atoms with Crippen LogP contribution in [-0.2, 0) is 13.0 Å². The van der Waals surface area contributed by atoms with Crippen LogP contribution in [0.2, 0.25) is 0 Å². The summed E-state index contributed by atoms with van der Waals surface area (Å²) in [5, 5.41) is 15.7. The van der Waals surface area contributed by atoms with Crippen LogP contribution in [0.25, 0.3) is 5.65 Å². The molecule has 0 saturated heterocycles. The maximum atomic E-state index is 12.6. The number of carbonyl (C=O) groups is 1. The van der Waals surface area contributed by atoms with Crippen molar-refractivity contribution in [2.75, 3.05) is 11.9 Å². The first kappa shape index (κ1) is 20.9. The van der Waals surface area contributed by atoms with E-state index in [1.54, 1.807) is 13.1 Å². The summed E-state index contributed by atoms with van der Waals surface area (Å²) in [5.41, 5.74) is 7.91. The van der Waals surface area contributed by atoms with Gasteiger partial charge in [0, 0.05) is 25.0 Å². The molecular weight excluding hydrogens is 364 g/mol. The number of fused-ring (bicyclic) bond motifs is 1. The Labute approximate surface area is 172 Å². The number of aromatic nitrogens is 2. The molecule has 0 fully saturated rings. The van der Waals surface area contributed by atoms with Crippen molar-refractivity contribution in [1.29, 1.82) is 0 Å². The Kier molecular flexibility index (Phi) is 6.23. The van der Waals surface area contributed by atoms with E-state index in [2.05, 4.69) is 42.7 Å². The number of nitrogens with zero attached hydrogens (tertiary/aromatic N) is 2. The average Bonchev–Trinajstić information content (AvgIpc) is 2.99. The summed E-state index contributed by atoms with van der Waals surface area (Å²) in [6.45, 7) is 10.8. The fraction of sp³-hybridized carbons (Fsp3) is 0.391. The Morgan fingerprint density at radius 2 is 2.03 bits per heavy atom. The highest BCUT2D eigenvalue weighted by Gasteiger charge is 2.15. The Bertz CT molecular complexity index is 1040. The molecule has 0 spiro atoms. The number of imidazole rings is 1. The molecule has 0 aliphatic rings. The van der Waals surface area contributed by atoms with Crippen LogP contribution in [0.15, 0.2) is 30.5 Å². The molecule has 6 heteroatoms. The summed E-state index contributed by atoms with van der Waals surface area (Å²) >= 11 is 0. The maximum Gasteiger partial charge on any atom is 0.252 e. The number of amides is 1. The molecule has 0 radical (unpaired) electrons. The summed E-state index contributed by atoms with van der Waals surface area (Å²) in [6.07, 6.45) is 2.18. The summed E-state index contributed by atoms with van der Waals surface area (Å²) < 4.78 is 1.95. The lowest BCUT2D eigenvalue weighted by Gasteiger charge is -2.15. The lowest BCUT2D eigenvalue weighted by atomic mass is 10.00. The van der Waals surface area contributed by atoms with Gasteiger partial charge in [0.15, 0.2) is 5.65 Å². The summed E-state index contributed by atoms with van der Waals surface area (Å²) in [4.78, 5) is 17.3. The van der Waals surface area contributed by atoms with Crippen molar-refractivity contribution in [1.82, 2.24) is 14.7 Å². The van der Waals surface area contributed by atoms with Gasteiger partial charge in [0.25, 0.3) is 5.91 Å². The van der Waals surface area contributed by atoms with Crippen LogP contribution in [-0.4, -0.2) is 33.0 Å². The molecule has 1 atom stereocenters. The van der Waals surface area contributed by atoms with Crippen LogP contribution in [0.3, 0.4) is 0 Å². The molecule has 2 aromatic heterocycles. The number of carbonyl (C=O) groups excluding carboxylic acids is 1. The molecule has 0 unspecified atom stereocenters. The second-order valence-corrected chi connectivity index (χ2v) is 7.60. The van der Waals surface area contributed by atoms with Crippen LogP contribution in [0, 0.1) is 20.8 Å². The van der Waals surface area contributed by atoms with Gasteiger partial charge in [0.1, 0.15) is 0 Å². The predicted octanol–water partition coefficient (Wildman–Crippen LogP) is 3.54. The van der Waals surface area contributed by atoms with E-state index in [9.17, 15) is 9.90 Å². The Balaban J connectivity index is 1.98. The van der Waals surface area contributed by atoms with Gasteiger partial charge < -0.3 is 20.1 Å². The van der Waals surface area contributed by atoms with Gasteiger partial charge in [0.2, 0.25) is 0 Å². The van der Waals surface area contributed by atoms with Gasteiger partial charge >= 0.3 is 0 Å². The van der Waals surface area contributed by atoms with E-state index in [0.717, 1.165) is 29.1 Å². The molecule has 29 heavy (non-hydrogen) atoms. The quantitative estimate of drug-likeness (QED) is 0.573. The second kappa shape index (κ2) is 8.66. The molecule has 3 aromatic rings. The van der Waals surface area contributed by atoms with E-state index in [1.165, 1.54) is 16.7 Å². The maximum absolute atomic E-state index is 12.6. The third-order valence-corrected chi connectivity index (χ3v) is 5.36. The van der Waals surface area contributed by atoms with Crippen molar-refractivity contribution in [2.45, 2.75) is 53.7 Å². The molecule has 0 aliphatic carbocycles. The highest BCUT2D eigenvalue weighted by Crippen LogP contribution is 2.24. The van der Waals surface area contributed by atoms with Crippen molar-refractivity contribution in [2.24, 2.45) is 0 Å². The lowest BCUT2D eigenvalue weighted by Crippen LogP contribution is -2.30. The van der Waals surface area contributed by atoms with Crippen molar-refractivity contribution in [3.63, 3.8) is 0 Å². The summed E-state index contributed by atoms with van der Waals surface area (Å²) in [6, 6.07) is 8.20. The molecular formula is C23H30N4O2. The number of aryl methyl sites for hydroxylation is 4. The van der Waals surface area contributed by atoms with E-state index in [0.29, 0.717) is 12.1 Å². The van der Waals surface area contributed by atoms with Gasteiger partial charge in [-0.05, 0) is 56.9 Å². The molecule has 0 saturated carbocycles. The molecule has 0 bridgehead atoms. The van der Waals surface area contributed by atoms with Crippen molar-refractivity contribution >= 4 is 17.2 Å². The number of hydrogen-bond acceptors (Lipinski definition) is 4. The molecule has 0 aliphatic heterocycles. The van der Waals surface area contributed by atoms with Gasteiger partial charge in [-0.1, -0.05) is 25.1 Å². The fourth-order valence-electron chi connectivity index (χ4n) is 3.50. The second-order valence-electron chi connectivity index (χ2n) is 7.60. The topological polar surface area (TPSA) is 78.7 Å². The Morgan fingerprint density at radius 1 is 1.28 bits per heavy atom. The van der Waals surface area contributed by atoms with Crippen LogP contribution < -0.4 is 10.6 Å². The minimum Gasteiger partial charge on any atom is -0.392 e. The van der Waals surface area contributed by atoms with E-state index in [1.807, 2.05) is 24.3 Å². The molecule has 1 amide bonds. The zero-order valence-electron chi connectivity index (χ0n) is 17.8. The van der Waals surface area contributed by atoms with Crippen molar-refractivity contribution in [3.8, 4) is 0 Å². The molecule has 1 aromatic carbocycles. The standard InChI is InChI=1S/C23H30N4O2/c1-6-18-9-7-8-14(2)20(18)12-24-21-10-19(23(29)25-11-15(3)28)13-27-17(5)16(4)26-22(21)27/h7-10,13,15,24,28H,6,11-12H2,1-5H3,(H,25,29)/t15-/m1/s1. The number of benzene rings is 1. The third-order valence-electron chi connectivity index (χ3n) is 5.36. The van der Waals surface area contributed by atoms with Crippen LogP contribution in [0.4, 0.5) is 5.69 Å². The first-order valence-corrected chi connectivity index (χ1v) is 10.1. The Hall–Kier alpha value is -2.86. The van der Waals surface area contributed by atoms with E-state index in [-0.39, 0.29) is 12.5 Å². The largest absolute Gasteiger partial charge is 0.392 e. The number of nitrogens with one attached hydrogen (secondary N) is 2. The molecule has 2 heterocycles. The van der Waals surface area contributed by atoms with Gasteiger partial charge in [-0.2, -0.15) is 0 Å². The smallest absolute Gasteiger partial charge is 0.252 e. The number of aliphatic hydroxyl groups excluding tert-OH is 1. The van der Waals surface area contributed by atoms with E-state index in [4.69, 9.17) is 4.98 Å². The average molecular weight is 395 g/mol. The summed E-state index contributed by atoms with van der Waals surface area (Å²) in [5.74, 6) is -0.216. The van der Waals surface area contributed by atoms with Gasteiger partial charge in [-0.25, -0.2) is 4.98 Å². The third kappa shape index (κ3) is 4.43. The molecule has 154 valence electrons. The van der Waals surface area contributed by atoms with Crippen molar-refractivity contribution < 1.29 is 9.90 Å². The number of hydrogen-bond donors (Lipinski definition) is 3. The Morgan fingerprint density at radius 3 is 2.72 bits per heavy atom. The first-order chi connectivity index (χ1) is 13.8. The highest BCUT2D eigenvalue weighted by atomic mass is 16.3. The zero-order chi connectivity index (χ0) is 21.1. The first-order valence-electron chi connectivity index (χ1n) is 10.1. The highest BCUT2D eigenvalue weighted by molar-refractivity contribution is 5.96. The van der Waals surface area contributed by atoms with Gasteiger partial charge in [0.05, 0.1) is 23.0 Å². The molecule has 6 nitrogen and oxygen atoms in total. The normalized spacial score (nSPS) is 12.2. The zero-order valence-corrected chi connectivity index (χ0v) is 17.8. The van der Waals surface area contributed by atoms with Crippen molar-refractivity contribution in [3.05, 3.63) is 64.1 Å². The lowest BCUT2D eigenvalue weighted by molar-refractivity contribution is 0.0923. The minimum atomic E-state index is -0.592. The van der Waals surface area contributed by atoms with E-state index < -0.39 is 6.10 Å².